The Kier molecular flexibility index (Phi) is 1.79. The second-order valence-corrected chi connectivity index (χ2v) is 4.81. The van der Waals surface area contributed by atoms with E-state index in [4.69, 9.17) is 0 Å². The average molecular weight is 213 g/mol. The molecule has 0 radical (unpaired) electrons. The predicted molar refractivity (Wildman–Crippen MR) is 64.5 cm³/mol. The van der Waals surface area contributed by atoms with Crippen LogP contribution in [0, 0.1) is 0 Å². The number of aromatic nitrogens is 1. The maximum atomic E-state index is 11.8. The van der Waals surface area contributed by atoms with Crippen LogP contribution in [0.1, 0.15) is 25.3 Å². The summed E-state index contributed by atoms with van der Waals surface area (Å²) < 4.78 is 2.12. The van der Waals surface area contributed by atoms with Gasteiger partial charge in [-0.1, -0.05) is 18.2 Å². The fraction of sp³-hybridized carbons (Fsp3) is 0.357. The molecular formula is C14H15NO. The summed E-state index contributed by atoms with van der Waals surface area (Å²) in [6.07, 6.45) is 4.07. The minimum absolute atomic E-state index is 0.175. The molecule has 1 aliphatic rings. The van der Waals surface area contributed by atoms with Crippen molar-refractivity contribution in [3.63, 3.8) is 0 Å². The van der Waals surface area contributed by atoms with E-state index in [1.165, 1.54) is 16.5 Å². The van der Waals surface area contributed by atoms with Gasteiger partial charge in [0, 0.05) is 13.2 Å². The number of fused-ring (bicyclic) bond motifs is 1. The van der Waals surface area contributed by atoms with Crippen molar-refractivity contribution in [2.75, 3.05) is 0 Å². The molecule has 2 heteroatoms. The number of nitrogens with zero attached hydrogens (tertiary/aromatic N) is 1. The molecule has 0 aliphatic heterocycles. The largest absolute Gasteiger partial charge is 0.350 e. The number of hydrogen-bond acceptors (Lipinski definition) is 1. The first-order valence-electron chi connectivity index (χ1n) is 5.71. The average Bonchev–Trinajstić information content (AvgIpc) is 3.00. The lowest BCUT2D eigenvalue weighted by molar-refractivity contribution is -0.119. The third-order valence-electron chi connectivity index (χ3n) is 3.84. The molecule has 82 valence electrons. The second kappa shape index (κ2) is 2.97. The number of carbonyl (C=O) groups is 1. The second-order valence-electron chi connectivity index (χ2n) is 4.81. The van der Waals surface area contributed by atoms with Crippen molar-refractivity contribution in [1.29, 1.82) is 0 Å². The van der Waals surface area contributed by atoms with E-state index in [1.807, 2.05) is 7.05 Å². The molecule has 1 aromatic carbocycles. The van der Waals surface area contributed by atoms with E-state index in [1.54, 1.807) is 6.92 Å². The Morgan fingerprint density at radius 3 is 2.69 bits per heavy atom. The highest BCUT2D eigenvalue weighted by molar-refractivity contribution is 5.97. The van der Waals surface area contributed by atoms with Crippen LogP contribution in [0.25, 0.3) is 10.9 Å². The molecule has 0 saturated heterocycles. The third kappa shape index (κ3) is 1.10. The molecule has 2 aromatic rings. The number of rotatable bonds is 2. The van der Waals surface area contributed by atoms with Gasteiger partial charge in [0.2, 0.25) is 0 Å². The first kappa shape index (κ1) is 9.64. The van der Waals surface area contributed by atoms with Crippen molar-refractivity contribution >= 4 is 16.7 Å². The van der Waals surface area contributed by atoms with Crippen molar-refractivity contribution in [2.45, 2.75) is 25.2 Å². The number of aryl methyl sites for hydroxylation is 1. The number of para-hydroxylation sites is 1. The van der Waals surface area contributed by atoms with Crippen LogP contribution >= 0.6 is 0 Å². The van der Waals surface area contributed by atoms with E-state index < -0.39 is 0 Å². The van der Waals surface area contributed by atoms with Crippen LogP contribution in [0.15, 0.2) is 30.5 Å². The van der Waals surface area contributed by atoms with Gasteiger partial charge >= 0.3 is 0 Å². The number of ketones is 1. The van der Waals surface area contributed by atoms with Gasteiger partial charge in [-0.05, 0) is 36.8 Å². The zero-order valence-corrected chi connectivity index (χ0v) is 9.66. The zero-order chi connectivity index (χ0) is 11.3. The Labute approximate surface area is 94.9 Å². The van der Waals surface area contributed by atoms with Gasteiger partial charge in [0.1, 0.15) is 5.78 Å². The summed E-state index contributed by atoms with van der Waals surface area (Å²) in [7, 11) is 2.04. The smallest absolute Gasteiger partial charge is 0.140 e. The van der Waals surface area contributed by atoms with E-state index in [9.17, 15) is 4.79 Å². The highest BCUT2D eigenvalue weighted by Crippen LogP contribution is 2.50. The SMILES string of the molecule is CC(=O)C1(c2cccc3ccn(C)c23)CC1. The summed E-state index contributed by atoms with van der Waals surface area (Å²) in [5.41, 5.74) is 2.26. The number of hydrogen-bond donors (Lipinski definition) is 0. The Morgan fingerprint density at radius 1 is 1.31 bits per heavy atom. The molecule has 2 nitrogen and oxygen atoms in total. The van der Waals surface area contributed by atoms with Gasteiger partial charge in [-0.3, -0.25) is 4.79 Å². The summed E-state index contributed by atoms with van der Waals surface area (Å²) >= 11 is 0. The quantitative estimate of drug-likeness (QED) is 0.751. The number of benzene rings is 1. The van der Waals surface area contributed by atoms with Gasteiger partial charge in [-0.2, -0.15) is 0 Å². The van der Waals surface area contributed by atoms with Gasteiger partial charge in [0.25, 0.3) is 0 Å². The molecule has 0 amide bonds. The Morgan fingerprint density at radius 2 is 2.06 bits per heavy atom. The minimum Gasteiger partial charge on any atom is -0.350 e. The molecule has 1 heterocycles. The molecule has 0 unspecified atom stereocenters. The van der Waals surface area contributed by atoms with Crippen molar-refractivity contribution in [3.05, 3.63) is 36.0 Å². The van der Waals surface area contributed by atoms with Crippen molar-refractivity contribution in [2.24, 2.45) is 7.05 Å². The molecule has 1 saturated carbocycles. The maximum absolute atomic E-state index is 11.8. The van der Waals surface area contributed by atoms with Gasteiger partial charge in [0.15, 0.2) is 0 Å². The molecular weight excluding hydrogens is 198 g/mol. The lowest BCUT2D eigenvalue weighted by atomic mass is 9.90. The molecule has 1 aliphatic carbocycles. The van der Waals surface area contributed by atoms with Crippen LogP contribution in [-0.4, -0.2) is 10.4 Å². The normalized spacial score (nSPS) is 17.6. The summed E-state index contributed by atoms with van der Waals surface area (Å²) in [4.78, 5) is 11.8. The summed E-state index contributed by atoms with van der Waals surface area (Å²) in [5.74, 6) is 0.307. The standard InChI is InChI=1S/C14H15NO/c1-10(16)14(7-8-14)12-5-3-4-11-6-9-15(2)13(11)12/h3-6,9H,7-8H2,1-2H3. The van der Waals surface area contributed by atoms with E-state index >= 15 is 0 Å². The summed E-state index contributed by atoms with van der Waals surface area (Å²) in [6, 6.07) is 8.38. The molecule has 1 fully saturated rings. The predicted octanol–water partition coefficient (Wildman–Crippen LogP) is 2.80. The number of Topliss-reactive ketones (excluding diaryl/α,β-unsaturated/α-hetero) is 1. The summed E-state index contributed by atoms with van der Waals surface area (Å²) in [6.45, 7) is 1.72. The highest BCUT2D eigenvalue weighted by Gasteiger charge is 2.49. The molecule has 0 N–H and O–H groups in total. The fourth-order valence-corrected chi connectivity index (χ4v) is 2.68. The summed E-state index contributed by atoms with van der Waals surface area (Å²) in [5, 5.41) is 1.23. The lowest BCUT2D eigenvalue weighted by Gasteiger charge is -2.14. The Bertz CT molecular complexity index is 575. The Balaban J connectivity index is 2.32. The van der Waals surface area contributed by atoms with Crippen molar-refractivity contribution in [1.82, 2.24) is 4.57 Å². The van der Waals surface area contributed by atoms with Gasteiger partial charge in [-0.25, -0.2) is 0 Å². The van der Waals surface area contributed by atoms with Crippen LogP contribution in [0.5, 0.6) is 0 Å². The topological polar surface area (TPSA) is 22.0 Å². The van der Waals surface area contributed by atoms with Crippen molar-refractivity contribution in [3.8, 4) is 0 Å². The van der Waals surface area contributed by atoms with Gasteiger partial charge in [0.05, 0.1) is 10.9 Å². The molecule has 0 atom stereocenters. The van der Waals surface area contributed by atoms with Crippen LogP contribution < -0.4 is 0 Å². The third-order valence-corrected chi connectivity index (χ3v) is 3.84. The van der Waals surface area contributed by atoms with Crippen LogP contribution in [0.3, 0.4) is 0 Å². The Hall–Kier alpha value is -1.57. The molecule has 3 rings (SSSR count). The number of carbonyl (C=O) groups excluding carboxylic acids is 1. The molecule has 1 aromatic heterocycles. The lowest BCUT2D eigenvalue weighted by Crippen LogP contribution is -2.17. The monoisotopic (exact) mass is 213 g/mol. The van der Waals surface area contributed by atoms with E-state index in [2.05, 4.69) is 35.0 Å². The van der Waals surface area contributed by atoms with Crippen LogP contribution in [-0.2, 0) is 17.3 Å². The van der Waals surface area contributed by atoms with Gasteiger partial charge < -0.3 is 4.57 Å². The van der Waals surface area contributed by atoms with Crippen LogP contribution in [0.2, 0.25) is 0 Å². The van der Waals surface area contributed by atoms with E-state index in [0.29, 0.717) is 5.78 Å². The first-order chi connectivity index (χ1) is 7.65. The van der Waals surface area contributed by atoms with Crippen molar-refractivity contribution < 1.29 is 4.79 Å². The van der Waals surface area contributed by atoms with E-state index in [0.717, 1.165) is 12.8 Å². The molecule has 0 bridgehead atoms. The molecule has 0 spiro atoms. The fourth-order valence-electron chi connectivity index (χ4n) is 2.68. The first-order valence-corrected chi connectivity index (χ1v) is 5.71. The minimum atomic E-state index is -0.175. The highest BCUT2D eigenvalue weighted by atomic mass is 16.1. The van der Waals surface area contributed by atoms with Crippen LogP contribution in [0.4, 0.5) is 0 Å². The zero-order valence-electron chi connectivity index (χ0n) is 9.66. The molecule has 16 heavy (non-hydrogen) atoms. The maximum Gasteiger partial charge on any atom is 0.140 e. The van der Waals surface area contributed by atoms with Gasteiger partial charge in [-0.15, -0.1) is 0 Å². The van der Waals surface area contributed by atoms with E-state index in [-0.39, 0.29) is 5.41 Å².